The van der Waals surface area contributed by atoms with Crippen molar-refractivity contribution in [2.24, 2.45) is 0 Å². The molecule has 2 aromatic rings. The SMILES string of the molecule is Cc1c(=C2SC=CS2)sc2c(C)/c(=C(/C#N)C=N)sc12. The summed E-state index contributed by atoms with van der Waals surface area (Å²) in [6.07, 6.45) is 1.15. The number of nitriles is 1. The summed E-state index contributed by atoms with van der Waals surface area (Å²) in [7, 11) is 0. The van der Waals surface area contributed by atoms with E-state index in [0.717, 1.165) is 16.3 Å². The van der Waals surface area contributed by atoms with Crippen LogP contribution in [-0.4, -0.2) is 6.21 Å². The molecule has 3 rings (SSSR count). The number of thioether (sulfide) groups is 2. The van der Waals surface area contributed by atoms with Gasteiger partial charge in [-0.2, -0.15) is 5.26 Å². The van der Waals surface area contributed by atoms with Crippen LogP contribution in [0.5, 0.6) is 0 Å². The van der Waals surface area contributed by atoms with Crippen LogP contribution in [0, 0.1) is 30.6 Å². The predicted molar refractivity (Wildman–Crippen MR) is 94.0 cm³/mol. The fraction of sp³-hybridized carbons (Fsp3) is 0.143. The molecule has 0 radical (unpaired) electrons. The minimum atomic E-state index is 0.454. The number of nitrogens with zero attached hydrogens (tertiary/aromatic N) is 1. The average molecular weight is 335 g/mol. The standard InChI is InChI=1S/C14H10N2S4/c1-7-10(9(5-15)6-16)19-12-8(2)13(20-11(7)12)14-17-3-4-18-14/h3-5,15H,1-2H3/b10-9-,15-5?. The second kappa shape index (κ2) is 5.41. The van der Waals surface area contributed by atoms with E-state index in [4.69, 9.17) is 10.7 Å². The molecule has 1 aliphatic heterocycles. The quantitative estimate of drug-likeness (QED) is 0.804. The molecular formula is C14H10N2S4. The topological polar surface area (TPSA) is 47.6 Å². The molecule has 0 aliphatic carbocycles. The Balaban J connectivity index is 2.39. The van der Waals surface area contributed by atoms with E-state index in [-0.39, 0.29) is 0 Å². The second-order valence-electron chi connectivity index (χ2n) is 4.24. The van der Waals surface area contributed by atoms with E-state index in [1.165, 1.54) is 23.7 Å². The largest absolute Gasteiger partial charge is 0.307 e. The van der Waals surface area contributed by atoms with E-state index >= 15 is 0 Å². The summed E-state index contributed by atoms with van der Waals surface area (Å²) in [5.74, 6) is 0. The zero-order chi connectivity index (χ0) is 14.3. The Morgan fingerprint density at radius 2 is 1.80 bits per heavy atom. The number of rotatable bonds is 1. The number of thiophene rings is 2. The molecule has 0 saturated heterocycles. The Hall–Kier alpha value is -1.00. The van der Waals surface area contributed by atoms with E-state index in [2.05, 4.69) is 23.8 Å². The fourth-order valence-corrected chi connectivity index (χ4v) is 6.97. The predicted octanol–water partition coefficient (Wildman–Crippen LogP) is 3.92. The molecule has 3 heterocycles. The highest BCUT2D eigenvalue weighted by atomic mass is 32.2. The van der Waals surface area contributed by atoms with Crippen molar-refractivity contribution in [1.29, 1.82) is 10.7 Å². The van der Waals surface area contributed by atoms with E-state index < -0.39 is 0 Å². The van der Waals surface area contributed by atoms with Crippen LogP contribution in [0.2, 0.25) is 0 Å². The molecule has 100 valence electrons. The maximum atomic E-state index is 9.12. The van der Waals surface area contributed by atoms with E-state index in [1.807, 2.05) is 6.92 Å². The normalized spacial score (nSPS) is 15.8. The third-order valence-electron chi connectivity index (χ3n) is 3.08. The van der Waals surface area contributed by atoms with Gasteiger partial charge in [0.05, 0.1) is 18.9 Å². The lowest BCUT2D eigenvalue weighted by Gasteiger charge is -1.92. The van der Waals surface area contributed by atoms with Gasteiger partial charge in [-0.1, -0.05) is 23.5 Å². The summed E-state index contributed by atoms with van der Waals surface area (Å²) in [6.45, 7) is 4.20. The number of fused-ring (bicyclic) bond motifs is 1. The summed E-state index contributed by atoms with van der Waals surface area (Å²) in [5, 5.41) is 20.7. The molecule has 2 aromatic heterocycles. The lowest BCUT2D eigenvalue weighted by atomic mass is 10.2. The number of aryl methyl sites for hydroxylation is 2. The molecule has 0 amide bonds. The van der Waals surface area contributed by atoms with Crippen molar-refractivity contribution >= 4 is 71.6 Å². The number of hydrogen-bond acceptors (Lipinski definition) is 6. The Morgan fingerprint density at radius 1 is 1.15 bits per heavy atom. The summed E-state index contributed by atoms with van der Waals surface area (Å²) in [5.41, 5.74) is 2.88. The summed E-state index contributed by atoms with van der Waals surface area (Å²) < 4.78 is 6.14. The zero-order valence-electron chi connectivity index (χ0n) is 10.8. The highest BCUT2D eigenvalue weighted by Crippen LogP contribution is 2.40. The zero-order valence-corrected chi connectivity index (χ0v) is 14.1. The Morgan fingerprint density at radius 3 is 2.35 bits per heavy atom. The molecule has 0 bridgehead atoms. The second-order valence-corrected chi connectivity index (χ2v) is 8.37. The van der Waals surface area contributed by atoms with Crippen LogP contribution in [0.4, 0.5) is 0 Å². The van der Waals surface area contributed by atoms with E-state index in [9.17, 15) is 0 Å². The first-order valence-corrected chi connectivity index (χ1v) is 9.22. The molecule has 1 aliphatic rings. The van der Waals surface area contributed by atoms with Gasteiger partial charge >= 0.3 is 0 Å². The summed E-state index contributed by atoms with van der Waals surface area (Å²) >= 11 is 6.98. The highest BCUT2D eigenvalue weighted by molar-refractivity contribution is 8.34. The lowest BCUT2D eigenvalue weighted by Crippen LogP contribution is -2.04. The van der Waals surface area contributed by atoms with E-state index in [1.54, 1.807) is 46.2 Å². The van der Waals surface area contributed by atoms with Gasteiger partial charge in [0.25, 0.3) is 0 Å². The van der Waals surface area contributed by atoms with Gasteiger partial charge < -0.3 is 5.41 Å². The van der Waals surface area contributed by atoms with Crippen molar-refractivity contribution in [2.45, 2.75) is 13.8 Å². The molecule has 0 atom stereocenters. The van der Waals surface area contributed by atoms with Gasteiger partial charge in [-0.15, -0.1) is 22.7 Å². The molecule has 0 aromatic carbocycles. The van der Waals surface area contributed by atoms with Gasteiger partial charge in [-0.05, 0) is 35.8 Å². The average Bonchev–Trinajstić information content (AvgIpc) is 3.13. The summed E-state index contributed by atoms with van der Waals surface area (Å²) in [4.78, 5) is 0. The van der Waals surface area contributed by atoms with Gasteiger partial charge in [-0.25, -0.2) is 0 Å². The fourth-order valence-electron chi connectivity index (χ4n) is 2.06. The lowest BCUT2D eigenvalue weighted by molar-refractivity contribution is 1.51. The van der Waals surface area contributed by atoms with Gasteiger partial charge in [0.15, 0.2) is 0 Å². The van der Waals surface area contributed by atoms with Crippen LogP contribution in [-0.2, 0) is 0 Å². The maximum absolute atomic E-state index is 9.12. The Bertz CT molecular complexity index is 896. The molecule has 1 N–H and O–H groups in total. The van der Waals surface area contributed by atoms with Crippen molar-refractivity contribution < 1.29 is 0 Å². The molecule has 0 saturated carbocycles. The molecule has 0 unspecified atom stereocenters. The van der Waals surface area contributed by atoms with Crippen LogP contribution >= 0.6 is 46.2 Å². The highest BCUT2D eigenvalue weighted by Gasteiger charge is 2.15. The molecule has 0 spiro atoms. The van der Waals surface area contributed by atoms with Crippen LogP contribution in [0.1, 0.15) is 11.1 Å². The Kier molecular flexibility index (Phi) is 3.78. The van der Waals surface area contributed by atoms with Crippen molar-refractivity contribution in [2.75, 3.05) is 0 Å². The minimum absolute atomic E-state index is 0.454. The third kappa shape index (κ3) is 2.06. The van der Waals surface area contributed by atoms with Gasteiger partial charge in [0, 0.05) is 15.6 Å². The third-order valence-corrected chi connectivity index (χ3v) is 8.47. The number of hydrogen-bond donors (Lipinski definition) is 1. The van der Waals surface area contributed by atoms with Crippen LogP contribution < -0.4 is 9.06 Å². The van der Waals surface area contributed by atoms with Crippen molar-refractivity contribution in [3.63, 3.8) is 0 Å². The number of nitrogens with one attached hydrogen (secondary N) is 1. The van der Waals surface area contributed by atoms with Gasteiger partial charge in [0.2, 0.25) is 0 Å². The van der Waals surface area contributed by atoms with Crippen LogP contribution in [0.25, 0.3) is 19.2 Å². The van der Waals surface area contributed by atoms with E-state index in [0.29, 0.717) is 5.57 Å². The van der Waals surface area contributed by atoms with Crippen molar-refractivity contribution in [1.82, 2.24) is 0 Å². The molecular weight excluding hydrogens is 324 g/mol. The van der Waals surface area contributed by atoms with Gasteiger partial charge in [-0.3, -0.25) is 0 Å². The van der Waals surface area contributed by atoms with Crippen LogP contribution in [0.3, 0.4) is 0 Å². The first-order chi connectivity index (χ1) is 9.67. The maximum Gasteiger partial charge on any atom is 0.102 e. The van der Waals surface area contributed by atoms with Gasteiger partial charge in [0.1, 0.15) is 6.07 Å². The van der Waals surface area contributed by atoms with Crippen LogP contribution in [0.15, 0.2) is 10.8 Å². The Labute approximate surface area is 133 Å². The van der Waals surface area contributed by atoms with Crippen molar-refractivity contribution in [3.05, 3.63) is 31.0 Å². The molecule has 0 fully saturated rings. The molecule has 20 heavy (non-hydrogen) atoms. The van der Waals surface area contributed by atoms with Crippen molar-refractivity contribution in [3.8, 4) is 6.07 Å². The molecule has 2 nitrogen and oxygen atoms in total. The minimum Gasteiger partial charge on any atom is -0.307 e. The molecule has 6 heteroatoms. The smallest absolute Gasteiger partial charge is 0.102 e. The first-order valence-electron chi connectivity index (χ1n) is 5.83. The summed E-state index contributed by atoms with van der Waals surface area (Å²) in [6, 6.07) is 2.11. The monoisotopic (exact) mass is 334 g/mol. The first kappa shape index (κ1) is 14.0.